The first kappa shape index (κ1) is 30.2. The van der Waals surface area contributed by atoms with E-state index in [0.29, 0.717) is 29.4 Å². The molecule has 3 aromatic rings. The van der Waals surface area contributed by atoms with Crippen molar-refractivity contribution in [2.45, 2.75) is 51.4 Å². The van der Waals surface area contributed by atoms with Crippen LogP contribution in [0.15, 0.2) is 72.8 Å². The monoisotopic (exact) mass is 551 g/mol. The molecular formula is C32H40ClN2O4+. The lowest BCUT2D eigenvalue weighted by molar-refractivity contribution is -0.786. The molecule has 0 heterocycles. The van der Waals surface area contributed by atoms with Crippen LogP contribution >= 0.6 is 11.6 Å². The van der Waals surface area contributed by atoms with Gasteiger partial charge in [-0.05, 0) is 73.0 Å². The van der Waals surface area contributed by atoms with E-state index in [1.807, 2.05) is 12.1 Å². The fourth-order valence-corrected chi connectivity index (χ4v) is 4.31. The Balaban J connectivity index is 1.16. The number of halogens is 1. The molecule has 0 aliphatic heterocycles. The number of benzene rings is 3. The lowest BCUT2D eigenvalue weighted by atomic mass is 10.1. The van der Waals surface area contributed by atoms with Crippen molar-refractivity contribution in [3.8, 4) is 11.5 Å². The summed E-state index contributed by atoms with van der Waals surface area (Å²) < 4.78 is 11.2. The van der Waals surface area contributed by atoms with Crippen LogP contribution in [0.25, 0.3) is 0 Å². The molecule has 0 saturated heterocycles. The minimum Gasteiger partial charge on any atom is -0.494 e. The van der Waals surface area contributed by atoms with E-state index in [2.05, 4.69) is 31.5 Å². The van der Waals surface area contributed by atoms with Crippen LogP contribution in [-0.2, 0) is 11.2 Å². The first-order valence-corrected chi connectivity index (χ1v) is 14.2. The summed E-state index contributed by atoms with van der Waals surface area (Å²) in [7, 11) is 4.18. The lowest BCUT2D eigenvalue weighted by Crippen LogP contribution is -3.00. The summed E-state index contributed by atoms with van der Waals surface area (Å²) >= 11 is 5.93. The highest BCUT2D eigenvalue weighted by Gasteiger charge is 2.09. The molecule has 0 aliphatic carbocycles. The van der Waals surface area contributed by atoms with Crippen LogP contribution in [0.2, 0.25) is 5.02 Å². The fourth-order valence-electron chi connectivity index (χ4n) is 4.12. The van der Waals surface area contributed by atoms with Crippen LogP contribution in [-0.4, -0.2) is 39.1 Å². The molecule has 0 spiro atoms. The highest BCUT2D eigenvalue weighted by Crippen LogP contribution is 2.20. The first-order valence-electron chi connectivity index (χ1n) is 13.8. The van der Waals surface area contributed by atoms with Crippen LogP contribution < -0.4 is 19.7 Å². The first-order chi connectivity index (χ1) is 18.9. The van der Waals surface area contributed by atoms with E-state index in [9.17, 15) is 9.59 Å². The number of ether oxygens (including phenoxy) is 2. The Labute approximate surface area is 237 Å². The molecule has 1 amide bonds. The quantitative estimate of drug-likeness (QED) is 0.134. The Morgan fingerprint density at radius 2 is 1.44 bits per heavy atom. The summed E-state index contributed by atoms with van der Waals surface area (Å²) in [6, 6.07) is 22.0. The average molecular weight is 552 g/mol. The Bertz CT molecular complexity index is 1160. The van der Waals surface area contributed by atoms with E-state index in [-0.39, 0.29) is 5.91 Å². The maximum Gasteiger partial charge on any atom is 0.343 e. The molecule has 0 unspecified atom stereocenters. The van der Waals surface area contributed by atoms with Gasteiger partial charge in [0.15, 0.2) is 0 Å². The Kier molecular flexibility index (Phi) is 12.8. The predicted molar refractivity (Wildman–Crippen MR) is 156 cm³/mol. The molecule has 2 N–H and O–H groups in total. The topological polar surface area (TPSA) is 69.1 Å². The second-order valence-corrected chi connectivity index (χ2v) is 10.4. The van der Waals surface area contributed by atoms with Crippen molar-refractivity contribution in [2.24, 2.45) is 0 Å². The summed E-state index contributed by atoms with van der Waals surface area (Å²) in [6.07, 6.45) is 8.26. The zero-order chi connectivity index (χ0) is 27.9. The molecule has 7 heteroatoms. The van der Waals surface area contributed by atoms with E-state index in [1.54, 1.807) is 48.5 Å². The highest BCUT2D eigenvalue weighted by atomic mass is 35.5. The molecule has 0 bridgehead atoms. The van der Waals surface area contributed by atoms with Gasteiger partial charge in [0, 0.05) is 11.6 Å². The Morgan fingerprint density at radius 3 is 2.10 bits per heavy atom. The zero-order valence-electron chi connectivity index (χ0n) is 23.0. The molecule has 208 valence electrons. The highest BCUT2D eigenvalue weighted by molar-refractivity contribution is 6.30. The third kappa shape index (κ3) is 11.5. The average Bonchev–Trinajstić information content (AvgIpc) is 2.93. The molecule has 0 aromatic heterocycles. The predicted octanol–water partition coefficient (Wildman–Crippen LogP) is 5.80. The van der Waals surface area contributed by atoms with E-state index in [4.69, 9.17) is 21.1 Å². The second kappa shape index (κ2) is 16.6. The number of hydrogen-bond donors (Lipinski definition) is 2. The van der Waals surface area contributed by atoms with Gasteiger partial charge in [0.25, 0.3) is 0 Å². The van der Waals surface area contributed by atoms with E-state index in [0.717, 1.165) is 43.5 Å². The van der Waals surface area contributed by atoms with Gasteiger partial charge in [-0.2, -0.15) is 0 Å². The summed E-state index contributed by atoms with van der Waals surface area (Å²) in [6.45, 7) is 1.40. The lowest BCUT2D eigenvalue weighted by Gasteiger charge is -2.09. The van der Waals surface area contributed by atoms with Crippen LogP contribution in [0.3, 0.4) is 0 Å². The number of unbranched alkanes of at least 4 members (excludes halogenated alkanes) is 6. The number of amides is 1. The number of rotatable bonds is 16. The molecule has 0 fully saturated rings. The van der Waals surface area contributed by atoms with Crippen molar-refractivity contribution in [3.05, 3.63) is 88.9 Å². The van der Waals surface area contributed by atoms with Crippen molar-refractivity contribution < 1.29 is 24.0 Å². The zero-order valence-corrected chi connectivity index (χ0v) is 23.8. The summed E-state index contributed by atoms with van der Waals surface area (Å²) in [5.74, 6) is 0.861. The standard InChI is InChI=1S/C32H39ClN2O4/c1-35(2)28-15-13-25(14-16-28)23-31(36)34-21-8-6-4-3-5-7-9-22-38-29-17-19-30(20-18-29)39-32(37)26-11-10-12-27(33)24-26/h10-20,24H,3-9,21-23H2,1-2H3,(H,34,36)/p+1. The van der Waals surface area contributed by atoms with Crippen molar-refractivity contribution in [3.63, 3.8) is 0 Å². The Hall–Kier alpha value is -3.35. The van der Waals surface area contributed by atoms with Crippen molar-refractivity contribution >= 4 is 29.2 Å². The number of carbonyl (C=O) groups is 2. The van der Waals surface area contributed by atoms with Crippen LogP contribution in [0.4, 0.5) is 5.69 Å². The van der Waals surface area contributed by atoms with Gasteiger partial charge in [0.2, 0.25) is 5.91 Å². The normalized spacial score (nSPS) is 10.9. The van der Waals surface area contributed by atoms with Gasteiger partial charge >= 0.3 is 5.97 Å². The number of quaternary nitrogens is 1. The third-order valence-corrected chi connectivity index (χ3v) is 6.64. The molecular weight excluding hydrogens is 512 g/mol. The van der Waals surface area contributed by atoms with Gasteiger partial charge in [-0.15, -0.1) is 0 Å². The maximum absolute atomic E-state index is 12.2. The molecule has 0 aliphatic rings. The van der Waals surface area contributed by atoms with Gasteiger partial charge < -0.3 is 19.7 Å². The largest absolute Gasteiger partial charge is 0.494 e. The number of carbonyl (C=O) groups excluding carboxylic acids is 2. The maximum atomic E-state index is 12.2. The minimum atomic E-state index is -0.446. The van der Waals surface area contributed by atoms with Gasteiger partial charge in [-0.3, -0.25) is 4.79 Å². The smallest absolute Gasteiger partial charge is 0.343 e. The molecule has 0 radical (unpaired) electrons. The Morgan fingerprint density at radius 1 is 0.795 bits per heavy atom. The molecule has 3 rings (SSSR count). The van der Waals surface area contributed by atoms with Crippen molar-refractivity contribution in [1.29, 1.82) is 0 Å². The number of esters is 1. The van der Waals surface area contributed by atoms with Crippen LogP contribution in [0, 0.1) is 0 Å². The van der Waals surface area contributed by atoms with E-state index >= 15 is 0 Å². The summed E-state index contributed by atoms with van der Waals surface area (Å²) in [5.41, 5.74) is 2.68. The minimum absolute atomic E-state index is 0.0909. The summed E-state index contributed by atoms with van der Waals surface area (Å²) in [5, 5.41) is 3.53. The van der Waals surface area contributed by atoms with Crippen LogP contribution in [0.1, 0.15) is 60.9 Å². The SMILES string of the molecule is C[NH+](C)c1ccc(CC(=O)NCCCCCCCCCOc2ccc(OC(=O)c3cccc(Cl)c3)cc2)cc1. The van der Waals surface area contributed by atoms with Crippen LogP contribution in [0.5, 0.6) is 11.5 Å². The number of nitrogens with one attached hydrogen (secondary N) is 2. The fraction of sp³-hybridized carbons (Fsp3) is 0.375. The van der Waals surface area contributed by atoms with Gasteiger partial charge in [0.1, 0.15) is 17.2 Å². The van der Waals surface area contributed by atoms with Crippen molar-refractivity contribution in [2.75, 3.05) is 27.2 Å². The second-order valence-electron chi connectivity index (χ2n) is 9.92. The number of hydrogen-bond acceptors (Lipinski definition) is 4. The molecule has 0 saturated carbocycles. The van der Waals surface area contributed by atoms with E-state index in [1.165, 1.54) is 29.8 Å². The summed E-state index contributed by atoms with van der Waals surface area (Å²) in [4.78, 5) is 25.6. The van der Waals surface area contributed by atoms with Gasteiger partial charge in [-0.25, -0.2) is 4.79 Å². The van der Waals surface area contributed by atoms with E-state index < -0.39 is 5.97 Å². The van der Waals surface area contributed by atoms with Gasteiger partial charge in [0.05, 0.1) is 32.7 Å². The molecule has 0 atom stereocenters. The molecule has 3 aromatic carbocycles. The van der Waals surface area contributed by atoms with Gasteiger partial charge in [-0.1, -0.05) is 61.9 Å². The third-order valence-electron chi connectivity index (χ3n) is 6.40. The molecule has 6 nitrogen and oxygen atoms in total. The molecule has 39 heavy (non-hydrogen) atoms. The van der Waals surface area contributed by atoms with Crippen molar-refractivity contribution in [1.82, 2.24) is 5.32 Å².